The van der Waals surface area contributed by atoms with E-state index < -0.39 is 0 Å². The van der Waals surface area contributed by atoms with Gasteiger partial charge < -0.3 is 4.74 Å². The van der Waals surface area contributed by atoms with Crippen LogP contribution in [0.3, 0.4) is 0 Å². The largest absolute Gasteiger partial charge is 0.488 e. The van der Waals surface area contributed by atoms with Crippen LogP contribution in [0.25, 0.3) is 10.9 Å². The van der Waals surface area contributed by atoms with Crippen LogP contribution in [-0.2, 0) is 6.61 Å². The van der Waals surface area contributed by atoms with Gasteiger partial charge in [-0.05, 0) is 54.4 Å². The smallest absolute Gasteiger partial charge is 0.282 e. The summed E-state index contributed by atoms with van der Waals surface area (Å²) in [5.41, 5.74) is 2.06. The lowest BCUT2D eigenvalue weighted by molar-refractivity contribution is 0.306. The minimum atomic E-state index is -0.216. The summed E-state index contributed by atoms with van der Waals surface area (Å²) in [4.78, 5) is 18.1. The van der Waals surface area contributed by atoms with E-state index in [1.165, 1.54) is 4.68 Å². The van der Waals surface area contributed by atoms with Crippen LogP contribution in [0.5, 0.6) is 5.75 Å². The third kappa shape index (κ3) is 5.35. The molecule has 4 aromatic rings. The van der Waals surface area contributed by atoms with Crippen LogP contribution in [0.1, 0.15) is 43.1 Å². The molecule has 0 aliphatic rings. The fourth-order valence-corrected chi connectivity index (χ4v) is 4.09. The van der Waals surface area contributed by atoms with Crippen LogP contribution in [0, 0.1) is 0 Å². The second kappa shape index (κ2) is 10.7. The predicted molar refractivity (Wildman–Crippen MR) is 143 cm³/mol. The van der Waals surface area contributed by atoms with Crippen LogP contribution in [0.4, 0.5) is 0 Å². The van der Waals surface area contributed by atoms with E-state index in [1.54, 1.807) is 24.4 Å². The van der Waals surface area contributed by atoms with Crippen LogP contribution < -0.4 is 10.3 Å². The zero-order valence-electron chi connectivity index (χ0n) is 18.6. The Morgan fingerprint density at radius 3 is 2.68 bits per heavy atom. The summed E-state index contributed by atoms with van der Waals surface area (Å²) in [7, 11) is 0. The van der Waals surface area contributed by atoms with Gasteiger partial charge in [0.05, 0.1) is 27.2 Å². The molecule has 1 aromatic heterocycles. The molecule has 3 aromatic carbocycles. The summed E-state index contributed by atoms with van der Waals surface area (Å²) in [5, 5.41) is 6.03. The molecule has 174 valence electrons. The molecule has 0 bridgehead atoms. The van der Waals surface area contributed by atoms with E-state index in [-0.39, 0.29) is 11.5 Å². The third-order valence-corrected chi connectivity index (χ3v) is 6.73. The van der Waals surface area contributed by atoms with Crippen LogP contribution in [0.15, 0.2) is 75.0 Å². The molecule has 4 rings (SSSR count). The number of nitrogens with zero attached hydrogens (tertiary/aromatic N) is 3. The minimum absolute atomic E-state index is 0.0547. The quantitative estimate of drug-likeness (QED) is 0.221. The van der Waals surface area contributed by atoms with E-state index >= 15 is 0 Å². The van der Waals surface area contributed by atoms with Crippen molar-refractivity contribution in [2.75, 3.05) is 0 Å². The molecule has 8 heteroatoms. The normalized spacial score (nSPS) is 12.4. The van der Waals surface area contributed by atoms with Crippen LogP contribution in [0.2, 0.25) is 10.0 Å². The lowest BCUT2D eigenvalue weighted by atomic mass is 10.1. The topological polar surface area (TPSA) is 56.5 Å². The van der Waals surface area contributed by atoms with E-state index in [0.29, 0.717) is 39.1 Å². The molecule has 0 unspecified atom stereocenters. The Morgan fingerprint density at radius 1 is 1.12 bits per heavy atom. The summed E-state index contributed by atoms with van der Waals surface area (Å²) in [5.74, 6) is 1.30. The van der Waals surface area contributed by atoms with Crippen molar-refractivity contribution >= 4 is 56.2 Å². The Labute approximate surface area is 216 Å². The Hall–Kier alpha value is -2.67. The monoisotopic (exact) mass is 557 g/mol. The van der Waals surface area contributed by atoms with Gasteiger partial charge in [0.15, 0.2) is 0 Å². The van der Waals surface area contributed by atoms with Gasteiger partial charge in [0.2, 0.25) is 0 Å². The molecule has 0 spiro atoms. The number of hydrogen-bond acceptors (Lipinski definition) is 4. The first-order valence-corrected chi connectivity index (χ1v) is 12.3. The molecule has 1 atom stereocenters. The Morgan fingerprint density at radius 2 is 1.91 bits per heavy atom. The first-order valence-electron chi connectivity index (χ1n) is 10.8. The molecule has 0 aliphatic heterocycles. The molecule has 1 heterocycles. The van der Waals surface area contributed by atoms with E-state index in [1.807, 2.05) is 49.4 Å². The molecule has 0 radical (unpaired) electrons. The van der Waals surface area contributed by atoms with Gasteiger partial charge in [-0.3, -0.25) is 4.79 Å². The van der Waals surface area contributed by atoms with Gasteiger partial charge in [-0.2, -0.15) is 9.78 Å². The van der Waals surface area contributed by atoms with Gasteiger partial charge in [-0.15, -0.1) is 0 Å². The number of rotatable bonds is 7. The highest BCUT2D eigenvalue weighted by Gasteiger charge is 2.16. The summed E-state index contributed by atoms with van der Waals surface area (Å²) in [6.07, 6.45) is 2.45. The van der Waals surface area contributed by atoms with Gasteiger partial charge in [-0.25, -0.2) is 4.98 Å². The first kappa shape index (κ1) is 24.5. The summed E-state index contributed by atoms with van der Waals surface area (Å²) < 4.78 is 8.22. The maximum Gasteiger partial charge on any atom is 0.282 e. The molecule has 0 fully saturated rings. The zero-order valence-corrected chi connectivity index (χ0v) is 21.7. The van der Waals surface area contributed by atoms with Crippen molar-refractivity contribution in [2.24, 2.45) is 5.10 Å². The fraction of sp³-hybridized carbons (Fsp3) is 0.192. The van der Waals surface area contributed by atoms with Crippen molar-refractivity contribution in [2.45, 2.75) is 32.8 Å². The third-order valence-electron chi connectivity index (χ3n) is 5.50. The number of halogens is 3. The highest BCUT2D eigenvalue weighted by Crippen LogP contribution is 2.25. The predicted octanol–water partition coefficient (Wildman–Crippen LogP) is 7.44. The molecule has 0 saturated carbocycles. The Balaban J connectivity index is 1.70. The van der Waals surface area contributed by atoms with Crippen molar-refractivity contribution in [1.82, 2.24) is 9.66 Å². The molecular formula is C26H22BrCl2N3O2. The molecule has 0 N–H and O–H groups in total. The lowest BCUT2D eigenvalue weighted by Gasteiger charge is -2.14. The second-order valence-corrected chi connectivity index (χ2v) is 9.61. The van der Waals surface area contributed by atoms with Gasteiger partial charge in [0.25, 0.3) is 5.56 Å². The number of aromatic nitrogens is 2. The van der Waals surface area contributed by atoms with Crippen molar-refractivity contribution < 1.29 is 4.74 Å². The molecule has 0 aliphatic carbocycles. The SMILES string of the molecule is CC[C@@H](C)c1nc2ccc(Br)cc2c(=O)n1N=Cc1ccccc1OCc1ccc(Cl)c(Cl)c1. The number of ether oxygens (including phenoxy) is 1. The second-order valence-electron chi connectivity index (χ2n) is 7.88. The minimum Gasteiger partial charge on any atom is -0.488 e. The average Bonchev–Trinajstić information content (AvgIpc) is 2.84. The molecular weight excluding hydrogens is 537 g/mol. The highest BCUT2D eigenvalue weighted by molar-refractivity contribution is 9.10. The first-order chi connectivity index (χ1) is 16.4. The van der Waals surface area contributed by atoms with Gasteiger partial charge in [0, 0.05) is 16.0 Å². The van der Waals surface area contributed by atoms with Gasteiger partial charge in [-0.1, -0.05) is 71.2 Å². The van der Waals surface area contributed by atoms with E-state index in [0.717, 1.165) is 22.0 Å². The summed E-state index contributed by atoms with van der Waals surface area (Å²) in [6.45, 7) is 4.40. The van der Waals surface area contributed by atoms with Crippen LogP contribution >= 0.6 is 39.1 Å². The molecule has 0 saturated heterocycles. The molecule has 34 heavy (non-hydrogen) atoms. The maximum absolute atomic E-state index is 13.3. The van der Waals surface area contributed by atoms with E-state index in [9.17, 15) is 4.79 Å². The van der Waals surface area contributed by atoms with E-state index in [2.05, 4.69) is 28.0 Å². The number of para-hydroxylation sites is 1. The molecule has 0 amide bonds. The molecule has 5 nitrogen and oxygen atoms in total. The van der Waals surface area contributed by atoms with Crippen molar-refractivity contribution in [3.05, 3.63) is 102 Å². The van der Waals surface area contributed by atoms with Crippen molar-refractivity contribution in [1.29, 1.82) is 0 Å². The zero-order chi connectivity index (χ0) is 24.2. The van der Waals surface area contributed by atoms with Crippen molar-refractivity contribution in [3.8, 4) is 5.75 Å². The Bertz CT molecular complexity index is 1440. The summed E-state index contributed by atoms with van der Waals surface area (Å²) in [6, 6.07) is 18.4. The van der Waals surface area contributed by atoms with Gasteiger partial charge >= 0.3 is 0 Å². The fourth-order valence-electron chi connectivity index (χ4n) is 3.41. The Kier molecular flexibility index (Phi) is 7.71. The number of hydrogen-bond donors (Lipinski definition) is 0. The maximum atomic E-state index is 13.3. The number of fused-ring (bicyclic) bond motifs is 1. The van der Waals surface area contributed by atoms with Crippen molar-refractivity contribution in [3.63, 3.8) is 0 Å². The highest BCUT2D eigenvalue weighted by atomic mass is 79.9. The van der Waals surface area contributed by atoms with Crippen LogP contribution in [-0.4, -0.2) is 15.9 Å². The lowest BCUT2D eigenvalue weighted by Crippen LogP contribution is -2.23. The van der Waals surface area contributed by atoms with Gasteiger partial charge in [0.1, 0.15) is 18.2 Å². The van der Waals surface area contributed by atoms with E-state index in [4.69, 9.17) is 32.9 Å². The number of benzene rings is 3. The average molecular weight is 559 g/mol. The summed E-state index contributed by atoms with van der Waals surface area (Å²) >= 11 is 15.5. The standard InChI is InChI=1S/C26H22BrCl2N3O2/c1-3-16(2)25-31-23-11-9-19(27)13-20(23)26(33)32(25)30-14-18-6-4-5-7-24(18)34-15-17-8-10-21(28)22(29)12-17/h4-14,16H,3,15H2,1-2H3/t16-/m1/s1.